The topological polar surface area (TPSA) is 96.7 Å². The molecular weight excluding hydrogens is 434 g/mol. The molecule has 0 saturated carbocycles. The number of rotatable bonds is 7. The second-order valence-electron chi connectivity index (χ2n) is 6.11. The minimum atomic E-state index is -0.441. The molecule has 1 aliphatic rings. The third-order valence-corrected chi connectivity index (χ3v) is 4.50. The van der Waals surface area contributed by atoms with Gasteiger partial charge in [-0.05, 0) is 19.1 Å². The summed E-state index contributed by atoms with van der Waals surface area (Å²) < 4.78 is 20.0. The Balaban J connectivity index is 0.00000364. The maximum Gasteiger partial charge on any atom is 0.239 e. The van der Waals surface area contributed by atoms with Crippen LogP contribution in [0.2, 0.25) is 5.02 Å². The molecule has 1 heterocycles. The maximum atomic E-state index is 14.5. The van der Waals surface area contributed by atoms with E-state index in [9.17, 15) is 14.0 Å². The number of hydrogen-bond donors (Lipinski definition) is 3. The Morgan fingerprint density at radius 3 is 2.68 bits per heavy atom. The van der Waals surface area contributed by atoms with E-state index >= 15 is 0 Å². The van der Waals surface area contributed by atoms with Gasteiger partial charge >= 0.3 is 0 Å². The van der Waals surface area contributed by atoms with E-state index in [0.717, 1.165) is 0 Å². The van der Waals surface area contributed by atoms with Crippen LogP contribution >= 0.6 is 36.4 Å². The van der Waals surface area contributed by atoms with Gasteiger partial charge in [0.05, 0.1) is 31.8 Å². The second kappa shape index (κ2) is 13.1. The van der Waals surface area contributed by atoms with E-state index in [1.54, 1.807) is 12.1 Å². The van der Waals surface area contributed by atoms with Crippen LogP contribution in [-0.4, -0.2) is 62.1 Å². The van der Waals surface area contributed by atoms with Crippen LogP contribution in [-0.2, 0) is 14.3 Å². The van der Waals surface area contributed by atoms with Crippen LogP contribution in [0.25, 0.3) is 0 Å². The second-order valence-corrected chi connectivity index (χ2v) is 6.52. The van der Waals surface area contributed by atoms with Crippen LogP contribution in [0.1, 0.15) is 18.5 Å². The maximum absolute atomic E-state index is 14.5. The summed E-state index contributed by atoms with van der Waals surface area (Å²) in [6.07, 6.45) is -0.00339. The molecule has 2 rings (SSSR count). The van der Waals surface area contributed by atoms with Gasteiger partial charge in [0.25, 0.3) is 0 Å². The molecule has 1 aromatic rings. The molecule has 0 radical (unpaired) electrons. The lowest BCUT2D eigenvalue weighted by Crippen LogP contribution is -2.48. The Hall–Kier alpha value is -1.16. The highest BCUT2D eigenvalue weighted by Gasteiger charge is 2.29. The average Bonchev–Trinajstić information content (AvgIpc) is 2.62. The highest BCUT2D eigenvalue weighted by molar-refractivity contribution is 6.31. The summed E-state index contributed by atoms with van der Waals surface area (Å²) in [5.74, 6) is -1.23. The van der Waals surface area contributed by atoms with E-state index in [-0.39, 0.29) is 56.5 Å². The van der Waals surface area contributed by atoms with Crippen molar-refractivity contribution in [2.45, 2.75) is 19.1 Å². The summed E-state index contributed by atoms with van der Waals surface area (Å²) in [7, 11) is 0. The number of nitrogens with two attached hydrogens (primary N) is 1. The highest BCUT2D eigenvalue weighted by atomic mass is 35.5. The molecule has 0 spiro atoms. The average molecular weight is 460 g/mol. The molecule has 1 fully saturated rings. The normalized spacial score (nSPS) is 17.6. The Morgan fingerprint density at radius 1 is 1.36 bits per heavy atom. The number of ether oxygens (including phenoxy) is 1. The zero-order valence-electron chi connectivity index (χ0n) is 15.5. The first kappa shape index (κ1) is 26.8. The first-order chi connectivity index (χ1) is 12.4. The van der Waals surface area contributed by atoms with Crippen molar-refractivity contribution in [2.24, 2.45) is 5.73 Å². The molecule has 28 heavy (non-hydrogen) atoms. The molecule has 7 nitrogen and oxygen atoms in total. The van der Waals surface area contributed by atoms with Crippen LogP contribution in [0.3, 0.4) is 0 Å². The lowest BCUT2D eigenvalue weighted by Gasteiger charge is -2.38. The Bertz CT molecular complexity index is 634. The third kappa shape index (κ3) is 7.69. The van der Waals surface area contributed by atoms with E-state index in [4.69, 9.17) is 22.1 Å². The van der Waals surface area contributed by atoms with Crippen molar-refractivity contribution in [1.29, 1.82) is 0 Å². The number of benzene rings is 1. The van der Waals surface area contributed by atoms with Crippen LogP contribution in [0, 0.1) is 5.82 Å². The van der Waals surface area contributed by atoms with Crippen molar-refractivity contribution in [3.05, 3.63) is 34.6 Å². The molecule has 4 N–H and O–H groups in total. The highest BCUT2D eigenvalue weighted by Crippen LogP contribution is 2.30. The monoisotopic (exact) mass is 458 g/mol. The zero-order chi connectivity index (χ0) is 19.1. The third-order valence-electron chi connectivity index (χ3n) is 4.17. The van der Waals surface area contributed by atoms with Crippen molar-refractivity contribution >= 4 is 48.2 Å². The first-order valence-electron chi connectivity index (χ1n) is 8.45. The van der Waals surface area contributed by atoms with Gasteiger partial charge in [0.15, 0.2) is 0 Å². The van der Waals surface area contributed by atoms with Gasteiger partial charge in [-0.25, -0.2) is 4.39 Å². The summed E-state index contributed by atoms with van der Waals surface area (Å²) in [5, 5.41) is 5.43. The Labute approximate surface area is 181 Å². The lowest BCUT2D eigenvalue weighted by atomic mass is 10.0. The van der Waals surface area contributed by atoms with Gasteiger partial charge < -0.3 is 21.1 Å². The quantitative estimate of drug-likeness (QED) is 0.571. The van der Waals surface area contributed by atoms with Gasteiger partial charge in [0.2, 0.25) is 11.8 Å². The van der Waals surface area contributed by atoms with Crippen LogP contribution in [0.5, 0.6) is 0 Å². The molecule has 2 unspecified atom stereocenters. The smallest absolute Gasteiger partial charge is 0.239 e. The molecule has 2 atom stereocenters. The summed E-state index contributed by atoms with van der Waals surface area (Å²) in [6.45, 7) is 3.43. The number of nitrogens with zero attached hydrogens (tertiary/aromatic N) is 1. The number of nitrogens with one attached hydrogen (secondary N) is 2. The predicted molar refractivity (Wildman–Crippen MR) is 111 cm³/mol. The van der Waals surface area contributed by atoms with Gasteiger partial charge in [-0.15, -0.1) is 24.8 Å². The van der Waals surface area contributed by atoms with Gasteiger partial charge in [0.1, 0.15) is 5.82 Å². The fourth-order valence-corrected chi connectivity index (χ4v) is 3.18. The van der Waals surface area contributed by atoms with Crippen LogP contribution < -0.4 is 16.4 Å². The molecule has 1 saturated heterocycles. The van der Waals surface area contributed by atoms with E-state index in [0.29, 0.717) is 30.3 Å². The van der Waals surface area contributed by atoms with Crippen molar-refractivity contribution in [1.82, 2.24) is 15.5 Å². The van der Waals surface area contributed by atoms with Crippen LogP contribution in [0.15, 0.2) is 18.2 Å². The Morgan fingerprint density at radius 2 is 2.07 bits per heavy atom. The largest absolute Gasteiger partial charge is 0.376 e. The summed E-state index contributed by atoms with van der Waals surface area (Å²) in [4.78, 5) is 25.2. The lowest BCUT2D eigenvalue weighted by molar-refractivity contribution is -0.125. The van der Waals surface area contributed by atoms with Crippen molar-refractivity contribution < 1.29 is 18.7 Å². The van der Waals surface area contributed by atoms with Crippen LogP contribution in [0.4, 0.5) is 4.39 Å². The fraction of sp³-hybridized carbons (Fsp3) is 0.529. The molecule has 160 valence electrons. The molecule has 1 aliphatic heterocycles. The molecular formula is C17H26Cl3FN4O3. The van der Waals surface area contributed by atoms with E-state index in [1.807, 2.05) is 11.8 Å². The zero-order valence-corrected chi connectivity index (χ0v) is 17.8. The van der Waals surface area contributed by atoms with E-state index in [1.165, 1.54) is 6.07 Å². The first-order valence-corrected chi connectivity index (χ1v) is 8.83. The van der Waals surface area contributed by atoms with Gasteiger partial charge in [-0.1, -0.05) is 17.7 Å². The SMILES string of the molecule is CC1CN(C(CNC(=O)CNC(=O)CN)c2c(F)cccc2Cl)CCO1.Cl.Cl. The number of morpholine rings is 1. The number of amides is 2. The minimum absolute atomic E-state index is 0. The van der Waals surface area contributed by atoms with Gasteiger partial charge in [0, 0.05) is 30.2 Å². The molecule has 2 amide bonds. The number of carbonyl (C=O) groups is 2. The molecule has 0 aromatic heterocycles. The molecule has 1 aromatic carbocycles. The van der Waals surface area contributed by atoms with Gasteiger partial charge in [-0.2, -0.15) is 0 Å². The predicted octanol–water partition coefficient (Wildman–Crippen LogP) is 1.28. The molecule has 0 aliphatic carbocycles. The summed E-state index contributed by atoms with van der Waals surface area (Å²) >= 11 is 6.24. The van der Waals surface area contributed by atoms with E-state index < -0.39 is 17.8 Å². The summed E-state index contributed by atoms with van der Waals surface area (Å²) in [6, 6.07) is 4.08. The van der Waals surface area contributed by atoms with Crippen molar-refractivity contribution in [3.63, 3.8) is 0 Å². The minimum Gasteiger partial charge on any atom is -0.376 e. The van der Waals surface area contributed by atoms with Crippen molar-refractivity contribution in [2.75, 3.05) is 39.3 Å². The van der Waals surface area contributed by atoms with E-state index in [2.05, 4.69) is 10.6 Å². The Kier molecular flexibility index (Phi) is 12.6. The summed E-state index contributed by atoms with van der Waals surface area (Å²) in [5.41, 5.74) is 5.52. The van der Waals surface area contributed by atoms with Crippen molar-refractivity contribution in [3.8, 4) is 0 Å². The number of halogens is 4. The van der Waals surface area contributed by atoms with Gasteiger partial charge in [-0.3, -0.25) is 14.5 Å². The number of hydrogen-bond acceptors (Lipinski definition) is 5. The number of carbonyl (C=O) groups excluding carboxylic acids is 2. The molecule has 0 bridgehead atoms. The fourth-order valence-electron chi connectivity index (χ4n) is 2.90. The molecule has 11 heteroatoms. The standard InChI is InChI=1S/C17H24ClFN4O3.2ClH/c1-11-10-23(5-6-26-11)14(17-12(18)3-2-4-13(17)19)8-21-16(25)9-22-15(24)7-20;;/h2-4,11,14H,5-10,20H2,1H3,(H,21,25)(H,22,24);2*1H.